The molecule has 6 aromatic rings. The standard InChI is InChI=1S/C22H14Cl2N8O/c23-13-2-1-12(15(24)7-13)11-31-20(5-6-26-31)18-9-21-19(10-25-18)29-30-32(21)14-3-4-16-17(8-14)28-22(33)27-16/h1-10H,11H2,(H2,27,28,33). The van der Waals surface area contributed by atoms with E-state index in [0.717, 1.165) is 28.0 Å². The molecule has 0 aliphatic rings. The molecule has 162 valence electrons. The van der Waals surface area contributed by atoms with Crippen LogP contribution in [-0.2, 0) is 6.54 Å². The van der Waals surface area contributed by atoms with E-state index in [9.17, 15) is 4.79 Å². The molecule has 9 nitrogen and oxygen atoms in total. The molecular weight excluding hydrogens is 463 g/mol. The zero-order valence-corrected chi connectivity index (χ0v) is 18.3. The first-order chi connectivity index (χ1) is 16.0. The minimum atomic E-state index is -0.258. The third kappa shape index (κ3) is 3.47. The molecule has 0 saturated carbocycles. The fourth-order valence-electron chi connectivity index (χ4n) is 3.80. The summed E-state index contributed by atoms with van der Waals surface area (Å²) in [4.78, 5) is 21.7. The predicted molar refractivity (Wildman–Crippen MR) is 126 cm³/mol. The van der Waals surface area contributed by atoms with E-state index in [1.165, 1.54) is 0 Å². The van der Waals surface area contributed by atoms with E-state index in [0.29, 0.717) is 33.3 Å². The maximum atomic E-state index is 11.6. The van der Waals surface area contributed by atoms with Gasteiger partial charge in [0.05, 0.1) is 46.4 Å². The SMILES string of the molecule is O=c1[nH]c2ccc(-n3nnc4cnc(-c5ccnn5Cc5ccc(Cl)cc5Cl)cc43)cc2[nH]1. The summed E-state index contributed by atoms with van der Waals surface area (Å²) in [6.07, 6.45) is 3.40. The molecule has 4 aromatic heterocycles. The second-order valence-corrected chi connectivity index (χ2v) is 8.32. The Labute approximate surface area is 195 Å². The van der Waals surface area contributed by atoms with Gasteiger partial charge in [0.2, 0.25) is 0 Å². The summed E-state index contributed by atoms with van der Waals surface area (Å²) in [5.74, 6) is 0. The molecule has 0 atom stereocenters. The van der Waals surface area contributed by atoms with Gasteiger partial charge in [0.15, 0.2) is 0 Å². The van der Waals surface area contributed by atoms with Gasteiger partial charge in [-0.25, -0.2) is 9.48 Å². The molecule has 0 radical (unpaired) electrons. The Morgan fingerprint density at radius 1 is 0.970 bits per heavy atom. The third-order valence-corrected chi connectivity index (χ3v) is 5.98. The quantitative estimate of drug-likeness (QED) is 0.396. The number of imidazole rings is 1. The fourth-order valence-corrected chi connectivity index (χ4v) is 4.26. The second-order valence-electron chi connectivity index (χ2n) is 7.48. The Bertz CT molecular complexity index is 1710. The van der Waals surface area contributed by atoms with E-state index >= 15 is 0 Å². The molecule has 0 unspecified atom stereocenters. The number of pyridine rings is 1. The number of hydrogen-bond acceptors (Lipinski definition) is 5. The first-order valence-electron chi connectivity index (χ1n) is 9.95. The topological polar surface area (TPSA) is 110 Å². The summed E-state index contributed by atoms with van der Waals surface area (Å²) in [5, 5.41) is 14.1. The third-order valence-electron chi connectivity index (χ3n) is 5.39. The largest absolute Gasteiger partial charge is 0.323 e. The van der Waals surface area contributed by atoms with Crippen LogP contribution in [0.3, 0.4) is 0 Å². The molecule has 11 heteroatoms. The molecule has 6 rings (SSSR count). The van der Waals surface area contributed by atoms with Crippen LogP contribution in [0, 0.1) is 0 Å². The number of rotatable bonds is 4. The highest BCUT2D eigenvalue weighted by Gasteiger charge is 2.14. The van der Waals surface area contributed by atoms with Gasteiger partial charge in [-0.3, -0.25) is 9.67 Å². The van der Waals surface area contributed by atoms with Crippen LogP contribution in [-0.4, -0.2) is 39.7 Å². The van der Waals surface area contributed by atoms with Crippen LogP contribution in [0.15, 0.2) is 65.7 Å². The van der Waals surface area contributed by atoms with Crippen molar-refractivity contribution < 1.29 is 0 Å². The minimum Gasteiger partial charge on any atom is -0.306 e. The molecule has 0 aliphatic heterocycles. The molecule has 0 bridgehead atoms. The van der Waals surface area contributed by atoms with Crippen LogP contribution in [0.2, 0.25) is 10.0 Å². The summed E-state index contributed by atoms with van der Waals surface area (Å²) in [6, 6.07) is 14.7. The van der Waals surface area contributed by atoms with E-state index in [-0.39, 0.29) is 5.69 Å². The van der Waals surface area contributed by atoms with Crippen molar-refractivity contribution in [3.8, 4) is 17.1 Å². The number of hydrogen-bond donors (Lipinski definition) is 2. The highest BCUT2D eigenvalue weighted by atomic mass is 35.5. The average Bonchev–Trinajstić information content (AvgIpc) is 3.52. The summed E-state index contributed by atoms with van der Waals surface area (Å²) in [6.45, 7) is 0.465. The van der Waals surface area contributed by atoms with E-state index in [1.807, 2.05) is 41.1 Å². The summed E-state index contributed by atoms with van der Waals surface area (Å²) < 4.78 is 3.54. The van der Waals surface area contributed by atoms with Gasteiger partial charge in [-0.2, -0.15) is 5.10 Å². The van der Waals surface area contributed by atoms with Crippen molar-refractivity contribution in [3.05, 3.63) is 87.0 Å². The lowest BCUT2D eigenvalue weighted by molar-refractivity contribution is 0.693. The smallest absolute Gasteiger partial charge is 0.306 e. The Kier molecular flexibility index (Phi) is 4.53. The lowest BCUT2D eigenvalue weighted by atomic mass is 10.2. The summed E-state index contributed by atoms with van der Waals surface area (Å²) in [5.41, 5.74) is 5.76. The molecule has 0 spiro atoms. The molecule has 4 heterocycles. The van der Waals surface area contributed by atoms with Crippen molar-refractivity contribution >= 4 is 45.3 Å². The maximum Gasteiger partial charge on any atom is 0.323 e. The Morgan fingerprint density at radius 2 is 1.85 bits per heavy atom. The van der Waals surface area contributed by atoms with E-state index in [4.69, 9.17) is 23.2 Å². The molecule has 0 saturated heterocycles. The number of nitrogens with one attached hydrogen (secondary N) is 2. The minimum absolute atomic E-state index is 0.258. The summed E-state index contributed by atoms with van der Waals surface area (Å²) >= 11 is 12.4. The number of halogens is 2. The monoisotopic (exact) mass is 476 g/mol. The van der Waals surface area contributed by atoms with Crippen LogP contribution >= 0.6 is 23.2 Å². The lowest BCUT2D eigenvalue weighted by Gasteiger charge is -2.09. The molecule has 0 aliphatic carbocycles. The van der Waals surface area contributed by atoms with Gasteiger partial charge in [-0.05, 0) is 48.0 Å². The zero-order valence-electron chi connectivity index (χ0n) is 16.8. The average molecular weight is 477 g/mol. The van der Waals surface area contributed by atoms with Crippen molar-refractivity contribution in [1.82, 2.24) is 39.7 Å². The molecule has 33 heavy (non-hydrogen) atoms. The van der Waals surface area contributed by atoms with Gasteiger partial charge < -0.3 is 9.97 Å². The van der Waals surface area contributed by atoms with Gasteiger partial charge in [0, 0.05) is 16.2 Å². The van der Waals surface area contributed by atoms with Gasteiger partial charge in [0.25, 0.3) is 0 Å². The molecular formula is C22H14Cl2N8O. The Hall–Kier alpha value is -3.95. The molecule has 0 fully saturated rings. The zero-order chi connectivity index (χ0) is 22.5. The van der Waals surface area contributed by atoms with Crippen LogP contribution in [0.1, 0.15) is 5.56 Å². The second kappa shape index (κ2) is 7.58. The van der Waals surface area contributed by atoms with Crippen LogP contribution in [0.5, 0.6) is 0 Å². The van der Waals surface area contributed by atoms with Crippen molar-refractivity contribution in [1.29, 1.82) is 0 Å². The Balaban J connectivity index is 1.42. The van der Waals surface area contributed by atoms with Crippen molar-refractivity contribution in [2.45, 2.75) is 6.54 Å². The predicted octanol–water partition coefficient (Wildman–Crippen LogP) is 4.20. The van der Waals surface area contributed by atoms with Crippen LogP contribution in [0.4, 0.5) is 0 Å². The lowest BCUT2D eigenvalue weighted by Crippen LogP contribution is -2.05. The van der Waals surface area contributed by atoms with Gasteiger partial charge >= 0.3 is 5.69 Å². The first kappa shape index (κ1) is 19.7. The number of aromatic amines is 2. The molecule has 2 aromatic carbocycles. The van der Waals surface area contributed by atoms with Crippen molar-refractivity contribution in [2.75, 3.05) is 0 Å². The number of benzene rings is 2. The number of aromatic nitrogens is 8. The molecule has 2 N–H and O–H groups in total. The Morgan fingerprint density at radius 3 is 2.73 bits per heavy atom. The molecule has 0 amide bonds. The highest BCUT2D eigenvalue weighted by Crippen LogP contribution is 2.26. The van der Waals surface area contributed by atoms with Crippen molar-refractivity contribution in [2.24, 2.45) is 0 Å². The van der Waals surface area contributed by atoms with Gasteiger partial charge in [0.1, 0.15) is 5.52 Å². The summed E-state index contributed by atoms with van der Waals surface area (Å²) in [7, 11) is 0. The van der Waals surface area contributed by atoms with Crippen molar-refractivity contribution in [3.63, 3.8) is 0 Å². The van der Waals surface area contributed by atoms with E-state index in [1.54, 1.807) is 29.2 Å². The number of fused-ring (bicyclic) bond motifs is 2. The first-order valence-corrected chi connectivity index (χ1v) is 10.7. The number of H-pyrrole nitrogens is 2. The van der Waals surface area contributed by atoms with Gasteiger partial charge in [-0.1, -0.05) is 34.5 Å². The van der Waals surface area contributed by atoms with Crippen LogP contribution < -0.4 is 5.69 Å². The highest BCUT2D eigenvalue weighted by molar-refractivity contribution is 6.35. The van der Waals surface area contributed by atoms with E-state index in [2.05, 4.69) is 30.4 Å². The number of nitrogens with zero attached hydrogens (tertiary/aromatic N) is 6. The van der Waals surface area contributed by atoms with E-state index < -0.39 is 0 Å². The van der Waals surface area contributed by atoms with Crippen LogP contribution in [0.25, 0.3) is 39.1 Å². The van der Waals surface area contributed by atoms with Gasteiger partial charge in [-0.15, -0.1) is 5.10 Å². The normalized spacial score (nSPS) is 11.6. The maximum absolute atomic E-state index is 11.6. The fraction of sp³-hybridized carbons (Fsp3) is 0.0455.